The van der Waals surface area contributed by atoms with Crippen LogP contribution in [-0.4, -0.2) is 0 Å². The number of hydrogen-bond acceptors (Lipinski definition) is 0. The zero-order valence-corrected chi connectivity index (χ0v) is 14.0. The minimum absolute atomic E-state index is 0.993. The summed E-state index contributed by atoms with van der Waals surface area (Å²) in [6.07, 6.45) is 13.7. The van der Waals surface area contributed by atoms with E-state index in [2.05, 4.69) is 45.0 Å². The molecule has 0 bridgehead atoms. The number of hydrogen-bond donors (Lipinski definition) is 0. The van der Waals surface area contributed by atoms with E-state index >= 15 is 0 Å². The Morgan fingerprint density at radius 3 is 2.00 bits per heavy atom. The number of unbranched alkanes of at least 4 members (excludes halogenated alkanes) is 2. The van der Waals surface area contributed by atoms with Crippen LogP contribution in [0.1, 0.15) is 83.3 Å². The molecular formula is C20H34. The van der Waals surface area contributed by atoms with Gasteiger partial charge in [-0.25, -0.2) is 0 Å². The fourth-order valence-corrected chi connectivity index (χ4v) is 3.32. The number of aryl methyl sites for hydroxylation is 2. The first kappa shape index (κ1) is 17.3. The van der Waals surface area contributed by atoms with Crippen LogP contribution in [0.15, 0.2) is 24.3 Å². The molecule has 0 spiro atoms. The van der Waals surface area contributed by atoms with Crippen molar-refractivity contribution in [3.05, 3.63) is 35.4 Å². The van der Waals surface area contributed by atoms with Gasteiger partial charge < -0.3 is 0 Å². The third-order valence-electron chi connectivity index (χ3n) is 4.45. The van der Waals surface area contributed by atoms with E-state index in [0.29, 0.717) is 0 Å². The Bertz CT molecular complexity index is 334. The minimum Gasteiger partial charge on any atom is -0.0654 e. The van der Waals surface area contributed by atoms with Crippen LogP contribution in [0.2, 0.25) is 0 Å². The molecule has 0 heterocycles. The van der Waals surface area contributed by atoms with Crippen LogP contribution in [0.25, 0.3) is 0 Å². The summed E-state index contributed by atoms with van der Waals surface area (Å²) in [5.74, 6) is 0.993. The Labute approximate surface area is 127 Å². The normalized spacial score (nSPS) is 11.2. The molecule has 0 nitrogen and oxygen atoms in total. The van der Waals surface area contributed by atoms with Gasteiger partial charge in [0.05, 0.1) is 0 Å². The zero-order valence-electron chi connectivity index (χ0n) is 14.0. The number of rotatable bonds is 11. The van der Waals surface area contributed by atoms with Gasteiger partial charge in [-0.3, -0.25) is 0 Å². The van der Waals surface area contributed by atoms with Crippen LogP contribution < -0.4 is 0 Å². The highest BCUT2D eigenvalue weighted by Crippen LogP contribution is 2.21. The Balaban J connectivity index is 2.21. The van der Waals surface area contributed by atoms with Crippen LogP contribution in [0.3, 0.4) is 0 Å². The van der Waals surface area contributed by atoms with E-state index < -0.39 is 0 Å². The van der Waals surface area contributed by atoms with Gasteiger partial charge in [-0.15, -0.1) is 0 Å². The summed E-state index contributed by atoms with van der Waals surface area (Å²) in [6.45, 7) is 6.91. The molecule has 1 aromatic carbocycles. The summed E-state index contributed by atoms with van der Waals surface area (Å²) in [6, 6.07) is 8.96. The van der Waals surface area contributed by atoms with Gasteiger partial charge in [0.1, 0.15) is 0 Å². The highest BCUT2D eigenvalue weighted by molar-refractivity contribution is 5.26. The summed E-state index contributed by atoms with van der Waals surface area (Å²) in [7, 11) is 0. The molecule has 0 heteroatoms. The summed E-state index contributed by atoms with van der Waals surface area (Å²) < 4.78 is 0. The average molecular weight is 274 g/mol. The van der Waals surface area contributed by atoms with Gasteiger partial charge in [-0.1, -0.05) is 90.0 Å². The molecule has 0 saturated carbocycles. The second-order valence-corrected chi connectivity index (χ2v) is 6.16. The first-order valence-electron chi connectivity index (χ1n) is 8.88. The Morgan fingerprint density at radius 2 is 1.40 bits per heavy atom. The standard InChI is InChI=1S/C20H34/c1-4-12-18(13-5-2)14-8-7-9-16-20-17-11-10-15-19(20)6-3/h10-11,15,17-18H,4-9,12-14,16H2,1-3H3. The van der Waals surface area contributed by atoms with Crippen molar-refractivity contribution >= 4 is 0 Å². The van der Waals surface area contributed by atoms with Crippen molar-refractivity contribution in [3.63, 3.8) is 0 Å². The quantitative estimate of drug-likeness (QED) is 0.400. The SMILES string of the molecule is CCCC(CCC)CCCCCc1ccccc1CC. The topological polar surface area (TPSA) is 0 Å². The maximum Gasteiger partial charge on any atom is -0.0276 e. The fourth-order valence-electron chi connectivity index (χ4n) is 3.32. The number of benzene rings is 1. The first-order chi connectivity index (χ1) is 9.81. The first-order valence-corrected chi connectivity index (χ1v) is 8.88. The van der Waals surface area contributed by atoms with Crippen molar-refractivity contribution in [2.75, 3.05) is 0 Å². The molecular weight excluding hydrogens is 240 g/mol. The maximum atomic E-state index is 2.32. The van der Waals surface area contributed by atoms with E-state index in [1.54, 1.807) is 11.1 Å². The molecule has 0 aliphatic heterocycles. The smallest absolute Gasteiger partial charge is 0.0276 e. The van der Waals surface area contributed by atoms with Gasteiger partial charge in [-0.2, -0.15) is 0 Å². The summed E-state index contributed by atoms with van der Waals surface area (Å²) in [5, 5.41) is 0. The molecule has 0 aliphatic carbocycles. The van der Waals surface area contributed by atoms with Crippen molar-refractivity contribution in [2.24, 2.45) is 5.92 Å². The molecule has 0 amide bonds. The molecule has 20 heavy (non-hydrogen) atoms. The summed E-state index contributed by atoms with van der Waals surface area (Å²) in [4.78, 5) is 0. The van der Waals surface area contributed by atoms with Crippen molar-refractivity contribution in [3.8, 4) is 0 Å². The average Bonchev–Trinajstić information content (AvgIpc) is 2.47. The van der Waals surface area contributed by atoms with Crippen LogP contribution in [0, 0.1) is 5.92 Å². The summed E-state index contributed by atoms with van der Waals surface area (Å²) in [5.41, 5.74) is 3.12. The van der Waals surface area contributed by atoms with Crippen LogP contribution in [-0.2, 0) is 12.8 Å². The molecule has 0 N–H and O–H groups in total. The highest BCUT2D eigenvalue weighted by Gasteiger charge is 2.06. The fraction of sp³-hybridized carbons (Fsp3) is 0.700. The zero-order chi connectivity index (χ0) is 14.6. The Hall–Kier alpha value is -0.780. The molecule has 0 unspecified atom stereocenters. The Morgan fingerprint density at radius 1 is 0.750 bits per heavy atom. The van der Waals surface area contributed by atoms with Gasteiger partial charge in [0.2, 0.25) is 0 Å². The van der Waals surface area contributed by atoms with Crippen molar-refractivity contribution < 1.29 is 0 Å². The van der Waals surface area contributed by atoms with Crippen molar-refractivity contribution in [1.82, 2.24) is 0 Å². The van der Waals surface area contributed by atoms with E-state index in [9.17, 15) is 0 Å². The van der Waals surface area contributed by atoms with E-state index in [1.807, 2.05) is 0 Å². The summed E-state index contributed by atoms with van der Waals surface area (Å²) >= 11 is 0. The molecule has 0 atom stereocenters. The maximum absolute atomic E-state index is 2.32. The highest BCUT2D eigenvalue weighted by atomic mass is 14.1. The lowest BCUT2D eigenvalue weighted by Gasteiger charge is -2.15. The minimum atomic E-state index is 0.993. The lowest BCUT2D eigenvalue weighted by atomic mass is 9.91. The molecule has 114 valence electrons. The van der Waals surface area contributed by atoms with Gasteiger partial charge >= 0.3 is 0 Å². The van der Waals surface area contributed by atoms with Crippen molar-refractivity contribution in [2.45, 2.75) is 85.0 Å². The largest absolute Gasteiger partial charge is 0.0654 e. The molecule has 0 saturated heterocycles. The third-order valence-corrected chi connectivity index (χ3v) is 4.45. The lowest BCUT2D eigenvalue weighted by Crippen LogP contribution is -2.00. The second kappa shape index (κ2) is 10.9. The van der Waals surface area contributed by atoms with E-state index in [0.717, 1.165) is 5.92 Å². The Kier molecular flexibility index (Phi) is 9.45. The molecule has 0 fully saturated rings. The van der Waals surface area contributed by atoms with Crippen LogP contribution in [0.4, 0.5) is 0 Å². The van der Waals surface area contributed by atoms with E-state index in [-0.39, 0.29) is 0 Å². The molecule has 0 aromatic heterocycles. The van der Waals surface area contributed by atoms with E-state index in [4.69, 9.17) is 0 Å². The lowest BCUT2D eigenvalue weighted by molar-refractivity contribution is 0.393. The van der Waals surface area contributed by atoms with Crippen LogP contribution in [0.5, 0.6) is 0 Å². The predicted octanol–water partition coefficient (Wildman–Crippen LogP) is 6.57. The third kappa shape index (κ3) is 6.59. The van der Waals surface area contributed by atoms with Crippen LogP contribution >= 0.6 is 0 Å². The molecule has 1 aromatic rings. The molecule has 1 rings (SSSR count). The van der Waals surface area contributed by atoms with E-state index in [1.165, 1.54) is 64.2 Å². The van der Waals surface area contributed by atoms with Gasteiger partial charge in [0.25, 0.3) is 0 Å². The van der Waals surface area contributed by atoms with Gasteiger partial charge in [0.15, 0.2) is 0 Å². The van der Waals surface area contributed by atoms with Crippen molar-refractivity contribution in [1.29, 1.82) is 0 Å². The predicted molar refractivity (Wildman–Crippen MR) is 91.3 cm³/mol. The van der Waals surface area contributed by atoms with Gasteiger partial charge in [0, 0.05) is 0 Å². The second-order valence-electron chi connectivity index (χ2n) is 6.16. The monoisotopic (exact) mass is 274 g/mol. The van der Waals surface area contributed by atoms with Gasteiger partial charge in [-0.05, 0) is 36.3 Å². The molecule has 0 radical (unpaired) electrons. The molecule has 0 aliphatic rings.